The van der Waals surface area contributed by atoms with Gasteiger partial charge in [0.2, 0.25) is 10.0 Å². The van der Waals surface area contributed by atoms with Gasteiger partial charge in [-0.25, -0.2) is 21.1 Å². The molecule has 0 fully saturated rings. The molecule has 0 amide bonds. The summed E-state index contributed by atoms with van der Waals surface area (Å²) in [5.74, 6) is 0. The molecule has 0 unspecified atom stereocenters. The molecule has 2 aromatic rings. The average Bonchev–Trinajstić information content (AvgIpc) is 3.05. The van der Waals surface area contributed by atoms with E-state index in [0.29, 0.717) is 17.7 Å². The van der Waals surface area contributed by atoms with Crippen LogP contribution >= 0.6 is 0 Å². The van der Waals surface area contributed by atoms with Gasteiger partial charge in [0.1, 0.15) is 0 Å². The van der Waals surface area contributed by atoms with Crippen LogP contribution in [0.15, 0.2) is 52.3 Å². The number of anilines is 1. The van der Waals surface area contributed by atoms with Crippen molar-refractivity contribution >= 4 is 25.7 Å². The summed E-state index contributed by atoms with van der Waals surface area (Å²) in [7, 11) is -4.95. The minimum atomic E-state index is -4.56. The smallest absolute Gasteiger partial charge is 0.266 e. The van der Waals surface area contributed by atoms with Crippen molar-refractivity contribution in [2.24, 2.45) is 0 Å². The third-order valence-corrected chi connectivity index (χ3v) is 8.09. The van der Waals surface area contributed by atoms with Crippen LogP contribution in [0.3, 0.4) is 0 Å². The van der Waals surface area contributed by atoms with Crippen LogP contribution < -0.4 is 4.31 Å². The van der Waals surface area contributed by atoms with E-state index in [0.717, 1.165) is 32.9 Å². The molecule has 0 N–H and O–H groups in total. The molecule has 0 saturated carbocycles. The standard InChI is InChI=1S/C17H17F3N2O4S2/c1-21(2)27(23,24)15-7-8-16-12(11-15)9-10-22(16)28(25,26)14-5-3-13(4-6-14)17(18,19)20/h3-8,11H,9-10H2,1-2H3. The zero-order chi connectivity index (χ0) is 20.9. The molecule has 1 aliphatic heterocycles. The molecule has 0 spiro atoms. The number of hydrogen-bond donors (Lipinski definition) is 0. The van der Waals surface area contributed by atoms with Gasteiger partial charge < -0.3 is 0 Å². The van der Waals surface area contributed by atoms with Gasteiger partial charge >= 0.3 is 6.18 Å². The van der Waals surface area contributed by atoms with Gasteiger partial charge in [-0.05, 0) is 54.4 Å². The highest BCUT2D eigenvalue weighted by Gasteiger charge is 2.34. The normalized spacial score (nSPS) is 15.1. The summed E-state index contributed by atoms with van der Waals surface area (Å²) in [5, 5.41) is 0. The second kappa shape index (κ2) is 6.75. The van der Waals surface area contributed by atoms with Crippen molar-refractivity contribution in [1.82, 2.24) is 4.31 Å². The van der Waals surface area contributed by atoms with Crippen LogP contribution in [0, 0.1) is 0 Å². The van der Waals surface area contributed by atoms with Gasteiger partial charge in [-0.15, -0.1) is 0 Å². The second-order valence-electron chi connectivity index (χ2n) is 6.43. The topological polar surface area (TPSA) is 74.8 Å². The molecule has 11 heteroatoms. The fourth-order valence-electron chi connectivity index (χ4n) is 2.91. The van der Waals surface area contributed by atoms with Gasteiger partial charge in [0, 0.05) is 20.6 Å². The van der Waals surface area contributed by atoms with Crippen LogP contribution in [0.25, 0.3) is 0 Å². The van der Waals surface area contributed by atoms with Crippen molar-refractivity contribution in [3.8, 4) is 0 Å². The largest absolute Gasteiger partial charge is 0.416 e. The van der Waals surface area contributed by atoms with Crippen LogP contribution in [0.5, 0.6) is 0 Å². The Morgan fingerprint density at radius 3 is 2.04 bits per heavy atom. The summed E-state index contributed by atoms with van der Waals surface area (Å²) in [6.07, 6.45) is -4.26. The van der Waals surface area contributed by atoms with Crippen LogP contribution in [-0.2, 0) is 32.6 Å². The Kier molecular flexibility index (Phi) is 4.97. The number of alkyl halides is 3. The Balaban J connectivity index is 1.97. The number of rotatable bonds is 4. The quantitative estimate of drug-likeness (QED) is 0.742. The number of nitrogens with zero attached hydrogens (tertiary/aromatic N) is 2. The lowest BCUT2D eigenvalue weighted by Gasteiger charge is -2.20. The summed E-state index contributed by atoms with van der Waals surface area (Å²) in [5.41, 5.74) is -0.0807. The van der Waals surface area contributed by atoms with E-state index in [9.17, 15) is 30.0 Å². The Morgan fingerprint density at radius 2 is 1.50 bits per heavy atom. The Bertz CT molecular complexity index is 1110. The molecule has 0 saturated heterocycles. The van der Waals surface area contributed by atoms with Crippen LogP contribution in [-0.4, -0.2) is 41.8 Å². The molecule has 28 heavy (non-hydrogen) atoms. The summed E-state index contributed by atoms with van der Waals surface area (Å²) in [4.78, 5) is -0.219. The van der Waals surface area contributed by atoms with E-state index in [2.05, 4.69) is 0 Å². The van der Waals surface area contributed by atoms with Crippen LogP contribution in [0.2, 0.25) is 0 Å². The van der Waals surface area contributed by atoms with Gasteiger partial charge in [-0.2, -0.15) is 13.2 Å². The van der Waals surface area contributed by atoms with Gasteiger partial charge in [0.15, 0.2) is 0 Å². The van der Waals surface area contributed by atoms with E-state index in [1.165, 1.54) is 32.3 Å². The monoisotopic (exact) mass is 434 g/mol. The van der Waals surface area contributed by atoms with Gasteiger partial charge in [-0.1, -0.05) is 0 Å². The summed E-state index contributed by atoms with van der Waals surface area (Å²) in [6.45, 7) is 0.0736. The highest BCUT2D eigenvalue weighted by molar-refractivity contribution is 7.92. The molecule has 0 aromatic heterocycles. The zero-order valence-electron chi connectivity index (χ0n) is 14.9. The number of benzene rings is 2. The highest BCUT2D eigenvalue weighted by Crippen LogP contribution is 2.36. The summed E-state index contributed by atoms with van der Waals surface area (Å²) in [6, 6.07) is 7.41. The molecular formula is C17H17F3N2O4S2. The minimum Gasteiger partial charge on any atom is -0.266 e. The lowest BCUT2D eigenvalue weighted by atomic mass is 10.2. The summed E-state index contributed by atoms with van der Waals surface area (Å²) >= 11 is 0. The number of fused-ring (bicyclic) bond motifs is 1. The van der Waals surface area contributed by atoms with E-state index in [1.807, 2.05) is 0 Å². The van der Waals surface area contributed by atoms with Gasteiger partial charge in [0.05, 0.1) is 21.0 Å². The molecule has 6 nitrogen and oxygen atoms in total. The molecular weight excluding hydrogens is 417 g/mol. The highest BCUT2D eigenvalue weighted by atomic mass is 32.2. The van der Waals surface area contributed by atoms with E-state index in [4.69, 9.17) is 0 Å². The van der Waals surface area contributed by atoms with Gasteiger partial charge in [0.25, 0.3) is 10.0 Å². The number of sulfonamides is 2. The average molecular weight is 434 g/mol. The first-order valence-corrected chi connectivity index (χ1v) is 11.0. The van der Waals surface area contributed by atoms with Crippen LogP contribution in [0.1, 0.15) is 11.1 Å². The van der Waals surface area contributed by atoms with Crippen molar-refractivity contribution in [3.05, 3.63) is 53.6 Å². The third kappa shape index (κ3) is 3.49. The van der Waals surface area contributed by atoms with E-state index < -0.39 is 31.8 Å². The lowest BCUT2D eigenvalue weighted by Crippen LogP contribution is -2.29. The Hall–Kier alpha value is -2.11. The van der Waals surface area contributed by atoms with Crippen molar-refractivity contribution in [3.63, 3.8) is 0 Å². The van der Waals surface area contributed by atoms with Crippen LogP contribution in [0.4, 0.5) is 18.9 Å². The zero-order valence-corrected chi connectivity index (χ0v) is 16.6. The van der Waals surface area contributed by atoms with Crippen molar-refractivity contribution < 1.29 is 30.0 Å². The molecule has 1 aliphatic rings. The van der Waals surface area contributed by atoms with E-state index in [-0.39, 0.29) is 16.3 Å². The third-order valence-electron chi connectivity index (χ3n) is 4.45. The maximum atomic E-state index is 12.9. The Morgan fingerprint density at radius 1 is 0.929 bits per heavy atom. The van der Waals surface area contributed by atoms with Crippen molar-refractivity contribution in [2.75, 3.05) is 24.9 Å². The van der Waals surface area contributed by atoms with Crippen molar-refractivity contribution in [1.29, 1.82) is 0 Å². The lowest BCUT2D eigenvalue weighted by molar-refractivity contribution is -0.137. The maximum Gasteiger partial charge on any atom is 0.416 e. The molecule has 0 bridgehead atoms. The van der Waals surface area contributed by atoms with Crippen molar-refractivity contribution in [2.45, 2.75) is 22.4 Å². The molecule has 3 rings (SSSR count). The first kappa shape index (κ1) is 20.6. The SMILES string of the molecule is CN(C)S(=O)(=O)c1ccc2c(c1)CCN2S(=O)(=O)c1ccc(C(F)(F)F)cc1. The summed E-state index contributed by atoms with van der Waals surface area (Å²) < 4.78 is 90.4. The van der Waals surface area contributed by atoms with Gasteiger partial charge in [-0.3, -0.25) is 4.31 Å². The molecule has 152 valence electrons. The first-order valence-electron chi connectivity index (χ1n) is 8.10. The molecule has 2 aromatic carbocycles. The fourth-order valence-corrected chi connectivity index (χ4v) is 5.37. The first-order chi connectivity index (χ1) is 12.8. The fraction of sp³-hybridized carbons (Fsp3) is 0.294. The predicted octanol–water partition coefficient (Wildman–Crippen LogP) is 2.71. The predicted molar refractivity (Wildman–Crippen MR) is 97.0 cm³/mol. The molecule has 0 atom stereocenters. The molecule has 0 radical (unpaired) electrons. The molecule has 0 aliphatic carbocycles. The number of halogens is 3. The minimum absolute atomic E-state index is 0.0463. The molecule has 1 heterocycles. The van der Waals surface area contributed by atoms with E-state index in [1.54, 1.807) is 0 Å². The van der Waals surface area contributed by atoms with E-state index >= 15 is 0 Å². The second-order valence-corrected chi connectivity index (χ2v) is 10.4. The maximum absolute atomic E-state index is 12.9. The Labute approximate surface area is 161 Å². The number of hydrogen-bond acceptors (Lipinski definition) is 4.